The fourth-order valence-corrected chi connectivity index (χ4v) is 2.18. The number of rotatable bonds is 4. The van der Waals surface area contributed by atoms with E-state index in [1.54, 1.807) is 6.92 Å². The molecule has 3 aromatic rings. The Morgan fingerprint density at radius 1 is 1.21 bits per heavy atom. The van der Waals surface area contributed by atoms with Crippen molar-refractivity contribution in [3.05, 3.63) is 47.6 Å². The van der Waals surface area contributed by atoms with Crippen molar-refractivity contribution in [1.29, 1.82) is 0 Å². The molecule has 0 spiro atoms. The highest BCUT2D eigenvalue weighted by atomic mass is 19.4. The van der Waals surface area contributed by atoms with Gasteiger partial charge in [0.05, 0.1) is 17.8 Å². The van der Waals surface area contributed by atoms with Crippen LogP contribution in [0.15, 0.2) is 24.7 Å². The minimum Gasteiger partial charge on any atom is -0.360 e. The second-order valence-corrected chi connectivity index (χ2v) is 4.95. The van der Waals surface area contributed by atoms with Gasteiger partial charge in [-0.15, -0.1) is 10.2 Å². The molecule has 3 heterocycles. The number of hydrogen-bond acceptors (Lipinski definition) is 5. The molecule has 1 N–H and O–H groups in total. The highest BCUT2D eigenvalue weighted by molar-refractivity contribution is 5.43. The minimum absolute atomic E-state index is 0.00510. The molecule has 0 unspecified atom stereocenters. The lowest BCUT2D eigenvalue weighted by Gasteiger charge is -2.08. The van der Waals surface area contributed by atoms with Crippen molar-refractivity contribution >= 4 is 11.5 Å². The van der Waals surface area contributed by atoms with Crippen LogP contribution in [-0.4, -0.2) is 24.6 Å². The van der Waals surface area contributed by atoms with E-state index < -0.39 is 17.6 Å². The van der Waals surface area contributed by atoms with Crippen molar-refractivity contribution < 1.29 is 17.6 Å². The third kappa shape index (κ3) is 2.99. The first-order valence-corrected chi connectivity index (χ1v) is 7.04. The number of fused-ring (bicyclic) bond motifs is 1. The monoisotopic (exact) mass is 340 g/mol. The summed E-state index contributed by atoms with van der Waals surface area (Å²) in [6.07, 6.45) is -1.57. The summed E-state index contributed by atoms with van der Waals surface area (Å²) in [5, 5.41) is 10.3. The van der Waals surface area contributed by atoms with Crippen LogP contribution in [0.3, 0.4) is 0 Å². The van der Waals surface area contributed by atoms with Gasteiger partial charge >= 0.3 is 6.18 Å². The molecule has 24 heavy (non-hydrogen) atoms. The van der Waals surface area contributed by atoms with Crippen molar-refractivity contribution in [3.8, 4) is 0 Å². The highest BCUT2D eigenvalue weighted by Gasteiger charge is 2.31. The topological polar surface area (TPSA) is 68.0 Å². The van der Waals surface area contributed by atoms with Crippen molar-refractivity contribution in [3.63, 3.8) is 0 Å². The van der Waals surface area contributed by atoms with Gasteiger partial charge in [0.15, 0.2) is 23.1 Å². The molecule has 0 aliphatic carbocycles. The van der Waals surface area contributed by atoms with Crippen LogP contribution in [0.5, 0.6) is 0 Å². The Kier molecular flexibility index (Phi) is 4.04. The van der Waals surface area contributed by atoms with Crippen LogP contribution in [-0.2, 0) is 19.1 Å². The maximum atomic E-state index is 14.0. The summed E-state index contributed by atoms with van der Waals surface area (Å²) in [4.78, 5) is 7.63. The Hall–Kier alpha value is -2.78. The Morgan fingerprint density at radius 3 is 2.71 bits per heavy atom. The lowest BCUT2D eigenvalue weighted by Crippen LogP contribution is -2.10. The largest absolute Gasteiger partial charge is 0.416 e. The first-order valence-electron chi connectivity index (χ1n) is 7.04. The highest BCUT2D eigenvalue weighted by Crippen LogP contribution is 2.29. The third-order valence-electron chi connectivity index (χ3n) is 3.42. The number of pyridine rings is 1. The number of alkyl halides is 3. The van der Waals surface area contributed by atoms with Gasteiger partial charge in [-0.1, -0.05) is 6.92 Å². The maximum Gasteiger partial charge on any atom is 0.416 e. The van der Waals surface area contributed by atoms with Gasteiger partial charge in [-0.3, -0.25) is 4.40 Å². The second-order valence-electron chi connectivity index (χ2n) is 4.95. The van der Waals surface area contributed by atoms with E-state index in [1.807, 2.05) is 0 Å². The summed E-state index contributed by atoms with van der Waals surface area (Å²) in [6.45, 7) is 1.81. The van der Waals surface area contributed by atoms with Gasteiger partial charge in [-0.25, -0.2) is 14.4 Å². The van der Waals surface area contributed by atoms with Crippen molar-refractivity contribution in [2.24, 2.45) is 0 Å². The van der Waals surface area contributed by atoms with Crippen LogP contribution < -0.4 is 5.32 Å². The van der Waals surface area contributed by atoms with Crippen molar-refractivity contribution in [2.75, 3.05) is 5.32 Å². The molecule has 0 saturated carbocycles. The molecule has 3 aromatic heterocycles. The van der Waals surface area contributed by atoms with E-state index in [4.69, 9.17) is 0 Å². The normalized spacial score (nSPS) is 11.9. The molecule has 0 aliphatic heterocycles. The van der Waals surface area contributed by atoms with Gasteiger partial charge in [0.25, 0.3) is 0 Å². The van der Waals surface area contributed by atoms with Gasteiger partial charge in [0.2, 0.25) is 0 Å². The molecule has 0 saturated heterocycles. The molecule has 0 radical (unpaired) electrons. The molecule has 126 valence electrons. The van der Waals surface area contributed by atoms with Gasteiger partial charge in [0.1, 0.15) is 6.33 Å². The summed E-state index contributed by atoms with van der Waals surface area (Å²) >= 11 is 0. The van der Waals surface area contributed by atoms with Gasteiger partial charge in [-0.05, 0) is 18.6 Å². The first-order chi connectivity index (χ1) is 11.4. The number of aromatic nitrogens is 5. The Morgan fingerprint density at radius 2 is 2.00 bits per heavy atom. The van der Waals surface area contributed by atoms with Gasteiger partial charge in [0, 0.05) is 6.20 Å². The number of aryl methyl sites for hydroxylation is 1. The molecule has 0 fully saturated rings. The van der Waals surface area contributed by atoms with E-state index in [1.165, 1.54) is 16.9 Å². The molecular weight excluding hydrogens is 328 g/mol. The summed E-state index contributed by atoms with van der Waals surface area (Å²) in [5.74, 6) is -0.228. The number of nitrogens with one attached hydrogen (secondary N) is 1. The SMILES string of the molecule is CCc1ncnc(NCc2nnc3cc(C(F)(F)F)ccn23)c1F. The molecule has 0 aliphatic rings. The maximum absolute atomic E-state index is 14.0. The molecular formula is C14H12F4N6. The fraction of sp³-hybridized carbons (Fsp3) is 0.286. The van der Waals surface area contributed by atoms with Crippen LogP contribution in [0, 0.1) is 5.82 Å². The molecule has 0 aromatic carbocycles. The molecule has 0 amide bonds. The molecule has 0 atom stereocenters. The van der Waals surface area contributed by atoms with Crippen LogP contribution in [0.4, 0.5) is 23.4 Å². The quantitative estimate of drug-likeness (QED) is 0.740. The van der Waals surface area contributed by atoms with E-state index in [9.17, 15) is 17.6 Å². The summed E-state index contributed by atoms with van der Waals surface area (Å²) in [7, 11) is 0. The lowest BCUT2D eigenvalue weighted by molar-refractivity contribution is -0.137. The van der Waals surface area contributed by atoms with Crippen LogP contribution in [0.1, 0.15) is 24.0 Å². The van der Waals surface area contributed by atoms with E-state index >= 15 is 0 Å². The van der Waals surface area contributed by atoms with Crippen molar-refractivity contribution in [2.45, 2.75) is 26.1 Å². The standard InChI is InChI=1S/C14H12F4N6/c1-2-9-12(15)13(21-7-20-9)19-6-11-23-22-10-5-8(14(16,17)18)3-4-24(10)11/h3-5,7H,2,6H2,1H3,(H,19,20,21). The number of hydrogen-bond donors (Lipinski definition) is 1. The molecule has 10 heteroatoms. The number of nitrogens with zero attached hydrogens (tertiary/aromatic N) is 5. The van der Waals surface area contributed by atoms with E-state index in [0.717, 1.165) is 12.1 Å². The predicted molar refractivity (Wildman–Crippen MR) is 76.7 cm³/mol. The number of halogens is 4. The fourth-order valence-electron chi connectivity index (χ4n) is 2.18. The van der Waals surface area contributed by atoms with E-state index in [-0.39, 0.29) is 23.7 Å². The Balaban J connectivity index is 1.84. The third-order valence-corrected chi connectivity index (χ3v) is 3.42. The zero-order chi connectivity index (χ0) is 17.3. The first kappa shape index (κ1) is 16.1. The minimum atomic E-state index is -4.45. The Labute approximate surface area is 133 Å². The van der Waals surface area contributed by atoms with Crippen LogP contribution in [0.2, 0.25) is 0 Å². The molecule has 0 bridgehead atoms. The summed E-state index contributed by atoms with van der Waals surface area (Å²) in [6, 6.07) is 1.83. The average molecular weight is 340 g/mol. The predicted octanol–water partition coefficient (Wildman–Crippen LogP) is 2.85. The van der Waals surface area contributed by atoms with E-state index in [0.29, 0.717) is 12.2 Å². The summed E-state index contributed by atoms with van der Waals surface area (Å²) < 4.78 is 53.5. The average Bonchev–Trinajstić information content (AvgIpc) is 2.95. The zero-order valence-corrected chi connectivity index (χ0v) is 12.5. The van der Waals surface area contributed by atoms with Crippen LogP contribution >= 0.6 is 0 Å². The van der Waals surface area contributed by atoms with Crippen LogP contribution in [0.25, 0.3) is 5.65 Å². The smallest absolute Gasteiger partial charge is 0.360 e. The number of anilines is 1. The van der Waals surface area contributed by atoms with Gasteiger partial charge < -0.3 is 5.32 Å². The molecule has 6 nitrogen and oxygen atoms in total. The van der Waals surface area contributed by atoms with Crippen molar-refractivity contribution in [1.82, 2.24) is 24.6 Å². The Bertz CT molecular complexity index is 873. The van der Waals surface area contributed by atoms with Gasteiger partial charge in [-0.2, -0.15) is 13.2 Å². The summed E-state index contributed by atoms with van der Waals surface area (Å²) in [5.41, 5.74) is -0.483. The molecule has 3 rings (SSSR count). The zero-order valence-electron chi connectivity index (χ0n) is 12.5. The van der Waals surface area contributed by atoms with E-state index in [2.05, 4.69) is 25.5 Å². The second kappa shape index (κ2) is 6.02. The lowest BCUT2D eigenvalue weighted by atomic mass is 10.2.